The summed E-state index contributed by atoms with van der Waals surface area (Å²) in [4.78, 5) is 2.20. The number of hydrogen-bond acceptors (Lipinski definition) is 3. The second-order valence-corrected chi connectivity index (χ2v) is 6.71. The third-order valence-electron chi connectivity index (χ3n) is 5.23. The minimum absolute atomic E-state index is 0.00922. The molecule has 3 nitrogen and oxygen atoms in total. The molecule has 2 atom stereocenters. The summed E-state index contributed by atoms with van der Waals surface area (Å²) in [7, 11) is 4.10. The maximum Gasteiger partial charge on any atom is 0.391 e. The maximum absolute atomic E-state index is 12.9. The molecule has 21 heavy (non-hydrogen) atoms. The van der Waals surface area contributed by atoms with Crippen LogP contribution in [-0.2, 0) is 4.74 Å². The van der Waals surface area contributed by atoms with E-state index in [1.54, 1.807) is 0 Å². The number of ether oxygens (including phenoxy) is 1. The van der Waals surface area contributed by atoms with Gasteiger partial charge in [0.25, 0.3) is 0 Å². The molecule has 0 spiro atoms. The van der Waals surface area contributed by atoms with Gasteiger partial charge in [-0.3, -0.25) is 0 Å². The normalized spacial score (nSPS) is 30.6. The molecule has 1 N–H and O–H groups in total. The smallest absolute Gasteiger partial charge is 0.381 e. The molecule has 0 bridgehead atoms. The predicted molar refractivity (Wildman–Crippen MR) is 76.3 cm³/mol. The molecule has 6 heteroatoms. The van der Waals surface area contributed by atoms with Crippen molar-refractivity contribution in [1.82, 2.24) is 10.2 Å². The molecule has 0 aromatic rings. The Morgan fingerprint density at radius 2 is 1.86 bits per heavy atom. The van der Waals surface area contributed by atoms with Crippen molar-refractivity contribution in [3.05, 3.63) is 0 Å². The molecule has 0 radical (unpaired) electrons. The van der Waals surface area contributed by atoms with E-state index in [-0.39, 0.29) is 24.4 Å². The molecule has 0 aromatic heterocycles. The molecular weight excluding hydrogens is 281 g/mol. The van der Waals surface area contributed by atoms with Gasteiger partial charge in [-0.1, -0.05) is 6.42 Å². The first kappa shape index (κ1) is 17.0. The second-order valence-electron chi connectivity index (χ2n) is 6.71. The highest BCUT2D eigenvalue weighted by Gasteiger charge is 2.43. The minimum atomic E-state index is -4.04. The van der Waals surface area contributed by atoms with Crippen LogP contribution in [0.25, 0.3) is 0 Å². The Morgan fingerprint density at radius 1 is 1.19 bits per heavy atom. The topological polar surface area (TPSA) is 24.5 Å². The van der Waals surface area contributed by atoms with Crippen LogP contribution in [0.5, 0.6) is 0 Å². The summed E-state index contributed by atoms with van der Waals surface area (Å²) in [6.45, 7) is 2.21. The van der Waals surface area contributed by atoms with Crippen molar-refractivity contribution in [3.8, 4) is 0 Å². The highest BCUT2D eigenvalue weighted by atomic mass is 19.4. The molecule has 1 aliphatic heterocycles. The van der Waals surface area contributed by atoms with E-state index in [1.165, 1.54) is 0 Å². The van der Waals surface area contributed by atoms with Crippen LogP contribution in [0.3, 0.4) is 0 Å². The number of rotatable bonds is 4. The van der Waals surface area contributed by atoms with E-state index in [2.05, 4.69) is 10.2 Å². The lowest BCUT2D eigenvalue weighted by atomic mass is 9.83. The van der Waals surface area contributed by atoms with E-state index in [4.69, 9.17) is 4.74 Å². The fourth-order valence-corrected chi connectivity index (χ4v) is 3.54. The minimum Gasteiger partial charge on any atom is -0.381 e. The molecule has 2 rings (SSSR count). The summed E-state index contributed by atoms with van der Waals surface area (Å²) in [5, 5.41) is 3.42. The standard InChI is InChI=1S/C15H27F3N2O/c1-20(2)14(6-8-21-9-7-14)11-19-13-5-3-4-12(10-13)15(16,17)18/h12-13,19H,3-11H2,1-2H3/t12-,13+/m0/s1. The number of hydrogen-bond donors (Lipinski definition) is 1. The highest BCUT2D eigenvalue weighted by Crippen LogP contribution is 2.37. The molecule has 1 aliphatic carbocycles. The van der Waals surface area contributed by atoms with E-state index in [9.17, 15) is 13.2 Å². The first-order chi connectivity index (χ1) is 9.83. The fraction of sp³-hybridized carbons (Fsp3) is 1.00. The highest BCUT2D eigenvalue weighted by molar-refractivity contribution is 4.94. The van der Waals surface area contributed by atoms with Crippen LogP contribution < -0.4 is 5.32 Å². The summed E-state index contributed by atoms with van der Waals surface area (Å²) in [5.41, 5.74) is 0.0173. The van der Waals surface area contributed by atoms with Gasteiger partial charge in [-0.25, -0.2) is 0 Å². The fourth-order valence-electron chi connectivity index (χ4n) is 3.54. The first-order valence-corrected chi connectivity index (χ1v) is 7.89. The van der Waals surface area contributed by atoms with Crippen LogP contribution in [-0.4, -0.2) is 56.5 Å². The molecule has 2 aliphatic rings. The van der Waals surface area contributed by atoms with Gasteiger partial charge in [0.15, 0.2) is 0 Å². The van der Waals surface area contributed by atoms with Crippen molar-refractivity contribution in [1.29, 1.82) is 0 Å². The van der Waals surface area contributed by atoms with Gasteiger partial charge in [-0.2, -0.15) is 13.2 Å². The largest absolute Gasteiger partial charge is 0.391 e. The zero-order valence-corrected chi connectivity index (χ0v) is 13.0. The summed E-state index contributed by atoms with van der Waals surface area (Å²) in [6, 6.07) is -0.00922. The van der Waals surface area contributed by atoms with Gasteiger partial charge in [0, 0.05) is 31.3 Å². The Kier molecular flexibility index (Phi) is 5.54. The summed E-state index contributed by atoms with van der Waals surface area (Å²) >= 11 is 0. The van der Waals surface area contributed by atoms with Crippen molar-refractivity contribution >= 4 is 0 Å². The molecular formula is C15H27F3N2O. The van der Waals surface area contributed by atoms with Crippen molar-refractivity contribution < 1.29 is 17.9 Å². The van der Waals surface area contributed by atoms with Gasteiger partial charge >= 0.3 is 6.18 Å². The number of halogens is 3. The Bertz CT molecular complexity index is 327. The summed E-state index contributed by atoms with van der Waals surface area (Å²) in [5.74, 6) is -1.13. The molecule has 1 saturated heterocycles. The molecule has 0 unspecified atom stereocenters. The van der Waals surface area contributed by atoms with Crippen LogP contribution >= 0.6 is 0 Å². The molecule has 1 heterocycles. The first-order valence-electron chi connectivity index (χ1n) is 7.89. The number of nitrogens with zero attached hydrogens (tertiary/aromatic N) is 1. The van der Waals surface area contributed by atoms with Gasteiger partial charge < -0.3 is 15.0 Å². The summed E-state index contributed by atoms with van der Waals surface area (Å²) < 4.78 is 44.0. The third-order valence-corrected chi connectivity index (χ3v) is 5.23. The number of alkyl halides is 3. The van der Waals surface area contributed by atoms with Gasteiger partial charge in [-0.15, -0.1) is 0 Å². The maximum atomic E-state index is 12.9. The van der Waals surface area contributed by atoms with Crippen LogP contribution in [0.1, 0.15) is 38.5 Å². The Hall–Kier alpha value is -0.330. The lowest BCUT2D eigenvalue weighted by Gasteiger charge is -2.44. The van der Waals surface area contributed by atoms with E-state index in [0.29, 0.717) is 6.42 Å². The zero-order valence-electron chi connectivity index (χ0n) is 13.0. The van der Waals surface area contributed by atoms with Crippen molar-refractivity contribution in [2.75, 3.05) is 33.9 Å². The van der Waals surface area contributed by atoms with E-state index in [0.717, 1.165) is 39.0 Å². The number of nitrogens with one attached hydrogen (secondary N) is 1. The van der Waals surface area contributed by atoms with Crippen LogP contribution in [0.4, 0.5) is 13.2 Å². The van der Waals surface area contributed by atoms with E-state index in [1.807, 2.05) is 14.1 Å². The average Bonchev–Trinajstić information content (AvgIpc) is 2.45. The molecule has 2 fully saturated rings. The molecule has 1 saturated carbocycles. The SMILES string of the molecule is CN(C)C1(CN[C@@H]2CCC[C@H](C(F)(F)F)C2)CCOCC1. The predicted octanol–water partition coefficient (Wildman–Crippen LogP) is 2.81. The Labute approximate surface area is 125 Å². The molecule has 0 aromatic carbocycles. The lowest BCUT2D eigenvalue weighted by Crippen LogP contribution is -2.56. The van der Waals surface area contributed by atoms with Gasteiger partial charge in [-0.05, 0) is 46.2 Å². The zero-order chi connectivity index (χ0) is 15.5. The van der Waals surface area contributed by atoms with Gasteiger partial charge in [0.1, 0.15) is 0 Å². The van der Waals surface area contributed by atoms with Gasteiger partial charge in [0.05, 0.1) is 5.92 Å². The Balaban J connectivity index is 1.89. The third kappa shape index (κ3) is 4.33. The van der Waals surface area contributed by atoms with Crippen LogP contribution in [0, 0.1) is 5.92 Å². The monoisotopic (exact) mass is 308 g/mol. The quantitative estimate of drug-likeness (QED) is 0.864. The van der Waals surface area contributed by atoms with Gasteiger partial charge in [0.2, 0.25) is 0 Å². The molecule has 124 valence electrons. The van der Waals surface area contributed by atoms with Crippen molar-refractivity contribution in [3.63, 3.8) is 0 Å². The second kappa shape index (κ2) is 6.84. The van der Waals surface area contributed by atoms with Crippen LogP contribution in [0.2, 0.25) is 0 Å². The van der Waals surface area contributed by atoms with Crippen molar-refractivity contribution in [2.24, 2.45) is 5.92 Å². The van der Waals surface area contributed by atoms with Crippen molar-refractivity contribution in [2.45, 2.75) is 56.3 Å². The number of likely N-dealkylation sites (N-methyl/N-ethyl adjacent to an activating group) is 1. The lowest BCUT2D eigenvalue weighted by molar-refractivity contribution is -0.183. The van der Waals surface area contributed by atoms with Crippen LogP contribution in [0.15, 0.2) is 0 Å². The molecule has 0 amide bonds. The Morgan fingerprint density at radius 3 is 2.43 bits per heavy atom. The average molecular weight is 308 g/mol. The summed E-state index contributed by atoms with van der Waals surface area (Å²) in [6.07, 6.45) is -0.145. The van der Waals surface area contributed by atoms with E-state index >= 15 is 0 Å². The van der Waals surface area contributed by atoms with E-state index < -0.39 is 12.1 Å².